The molecule has 1 fully saturated rings. The Kier molecular flexibility index (Phi) is 4.75. The molecule has 7 nitrogen and oxygen atoms in total. The van der Waals surface area contributed by atoms with Crippen LogP contribution in [0.15, 0.2) is 11.2 Å². The number of hydrogen-bond acceptors (Lipinski definition) is 6. The first-order valence-electron chi connectivity index (χ1n) is 7.44. The van der Waals surface area contributed by atoms with Gasteiger partial charge in [-0.1, -0.05) is 0 Å². The smallest absolute Gasteiger partial charge is 0.254 e. The Balaban J connectivity index is 2.31. The molecule has 1 amide bonds. The first-order chi connectivity index (χ1) is 10.2. The number of amides is 1. The second kappa shape index (κ2) is 6.39. The predicted octanol–water partition coefficient (Wildman–Crippen LogP) is 1.79. The van der Waals surface area contributed by atoms with Crippen LogP contribution >= 0.6 is 0 Å². The Labute approximate surface area is 130 Å². The van der Waals surface area contributed by atoms with Crippen LogP contribution in [0.5, 0.6) is 0 Å². The molecule has 4 N–H and O–H groups in total. The first kappa shape index (κ1) is 16.4. The summed E-state index contributed by atoms with van der Waals surface area (Å²) < 4.78 is 0. The highest BCUT2D eigenvalue weighted by atomic mass is 16.3. The maximum Gasteiger partial charge on any atom is 0.254 e. The van der Waals surface area contributed by atoms with E-state index in [0.717, 1.165) is 25.0 Å². The summed E-state index contributed by atoms with van der Waals surface area (Å²) in [5.74, 6) is 0.0746. The molecule has 2 rings (SSSR count). The molecule has 0 bridgehead atoms. The maximum absolute atomic E-state index is 11.5. The van der Waals surface area contributed by atoms with Crippen molar-refractivity contribution in [3.8, 4) is 0 Å². The van der Waals surface area contributed by atoms with Crippen LogP contribution in [-0.2, 0) is 0 Å². The zero-order chi connectivity index (χ0) is 16.3. The van der Waals surface area contributed by atoms with Crippen LogP contribution in [0.3, 0.4) is 0 Å². The number of anilines is 1. The number of nitrogens with two attached hydrogens (primary N) is 1. The van der Waals surface area contributed by atoms with Crippen molar-refractivity contribution in [2.45, 2.75) is 58.1 Å². The molecule has 1 aromatic rings. The number of hydrogen-bond donors (Lipinski definition) is 3. The number of nitrogens with zero attached hydrogens (tertiary/aromatic N) is 3. The zero-order valence-corrected chi connectivity index (χ0v) is 13.3. The van der Waals surface area contributed by atoms with Crippen molar-refractivity contribution in [1.82, 2.24) is 9.97 Å². The number of primary amides is 1. The minimum atomic E-state index is -0.584. The van der Waals surface area contributed by atoms with Gasteiger partial charge in [0.2, 0.25) is 0 Å². The molecule has 0 aromatic carbocycles. The van der Waals surface area contributed by atoms with Gasteiger partial charge >= 0.3 is 0 Å². The molecule has 0 saturated heterocycles. The second-order valence-corrected chi connectivity index (χ2v) is 6.60. The molecule has 1 saturated carbocycles. The summed E-state index contributed by atoms with van der Waals surface area (Å²) in [4.78, 5) is 24.3. The fourth-order valence-electron chi connectivity index (χ4n) is 2.32. The summed E-state index contributed by atoms with van der Waals surface area (Å²) in [6, 6.07) is 0. The number of carbonyl (C=O) groups excluding carboxylic acids is 1. The molecule has 0 aliphatic heterocycles. The van der Waals surface area contributed by atoms with E-state index >= 15 is 0 Å². The standard InChI is InChI=1S/C15H23N5O2/c1-15(2,3)20-13-11(12(16)22)8-17-14(19-13)18-9-5-4-6-10(21)7-9/h8,10,21H,4-7H2,1-3H3,(H2,16,22)(H,17,19,20)/t10-/m0/s1. The van der Waals surface area contributed by atoms with Gasteiger partial charge in [0.05, 0.1) is 11.7 Å². The van der Waals surface area contributed by atoms with Gasteiger partial charge in [0.15, 0.2) is 0 Å². The molecule has 0 spiro atoms. The van der Waals surface area contributed by atoms with E-state index in [2.05, 4.69) is 20.3 Å². The number of carbonyl (C=O) groups is 1. The molecular weight excluding hydrogens is 282 g/mol. The van der Waals surface area contributed by atoms with Crippen LogP contribution < -0.4 is 11.1 Å². The molecule has 0 unspecified atom stereocenters. The lowest BCUT2D eigenvalue weighted by molar-refractivity contribution is 0.100. The van der Waals surface area contributed by atoms with Gasteiger partial charge < -0.3 is 16.2 Å². The average molecular weight is 305 g/mol. The SMILES string of the molecule is CC(C)(C)Nc1nc(N=C2CCC[C@H](O)C2)ncc1C(N)=O. The number of aliphatic imine (C=N–C) groups is 1. The van der Waals surface area contributed by atoms with E-state index in [0.29, 0.717) is 12.2 Å². The summed E-state index contributed by atoms with van der Waals surface area (Å²) >= 11 is 0. The van der Waals surface area contributed by atoms with Crippen molar-refractivity contribution >= 4 is 23.4 Å². The zero-order valence-electron chi connectivity index (χ0n) is 13.3. The first-order valence-corrected chi connectivity index (χ1v) is 7.44. The number of aliphatic hydroxyl groups excluding tert-OH is 1. The predicted molar refractivity (Wildman–Crippen MR) is 85.5 cm³/mol. The lowest BCUT2D eigenvalue weighted by Gasteiger charge is -2.22. The largest absolute Gasteiger partial charge is 0.393 e. The summed E-state index contributed by atoms with van der Waals surface area (Å²) in [7, 11) is 0. The van der Waals surface area contributed by atoms with Crippen molar-refractivity contribution in [3.05, 3.63) is 11.8 Å². The lowest BCUT2D eigenvalue weighted by atomic mass is 9.96. The quantitative estimate of drug-likeness (QED) is 0.788. The minimum absolute atomic E-state index is 0.238. The third-order valence-electron chi connectivity index (χ3n) is 3.27. The van der Waals surface area contributed by atoms with Gasteiger partial charge in [-0.25, -0.2) is 9.98 Å². The van der Waals surface area contributed by atoms with E-state index in [-0.39, 0.29) is 23.2 Å². The Morgan fingerprint density at radius 3 is 2.82 bits per heavy atom. The van der Waals surface area contributed by atoms with Crippen LogP contribution in [0.2, 0.25) is 0 Å². The fraction of sp³-hybridized carbons (Fsp3) is 0.600. The van der Waals surface area contributed by atoms with E-state index in [1.807, 2.05) is 20.8 Å². The van der Waals surface area contributed by atoms with E-state index in [1.54, 1.807) is 0 Å². The number of aliphatic hydroxyl groups is 1. The Hall–Kier alpha value is -2.02. The minimum Gasteiger partial charge on any atom is -0.393 e. The highest BCUT2D eigenvalue weighted by molar-refractivity contribution is 5.97. The summed E-state index contributed by atoms with van der Waals surface area (Å²) in [6.07, 6.45) is 4.14. The highest BCUT2D eigenvalue weighted by Gasteiger charge is 2.19. The molecule has 22 heavy (non-hydrogen) atoms. The van der Waals surface area contributed by atoms with Gasteiger partial charge in [0.1, 0.15) is 5.82 Å². The molecule has 7 heteroatoms. The van der Waals surface area contributed by atoms with E-state index in [9.17, 15) is 9.90 Å². The normalized spacial score (nSPS) is 20.9. The van der Waals surface area contributed by atoms with E-state index < -0.39 is 5.91 Å². The second-order valence-electron chi connectivity index (χ2n) is 6.60. The van der Waals surface area contributed by atoms with Crippen LogP contribution in [-0.4, -0.2) is 38.3 Å². The molecule has 1 heterocycles. The van der Waals surface area contributed by atoms with Crippen molar-refractivity contribution in [3.63, 3.8) is 0 Å². The van der Waals surface area contributed by atoms with Crippen LogP contribution in [0, 0.1) is 0 Å². The average Bonchev–Trinajstić information content (AvgIpc) is 2.36. The molecule has 1 aromatic heterocycles. The van der Waals surface area contributed by atoms with Gasteiger partial charge in [0, 0.05) is 23.9 Å². The number of aromatic nitrogens is 2. The molecule has 1 atom stereocenters. The van der Waals surface area contributed by atoms with Crippen molar-refractivity contribution < 1.29 is 9.90 Å². The molecule has 0 radical (unpaired) electrons. The Morgan fingerprint density at radius 2 is 2.23 bits per heavy atom. The third kappa shape index (κ3) is 4.49. The van der Waals surface area contributed by atoms with Crippen LogP contribution in [0.1, 0.15) is 56.8 Å². The monoisotopic (exact) mass is 305 g/mol. The van der Waals surface area contributed by atoms with E-state index in [1.165, 1.54) is 6.20 Å². The van der Waals surface area contributed by atoms with Gasteiger partial charge in [-0.15, -0.1) is 0 Å². The molecule has 1 aliphatic carbocycles. The molecule has 1 aliphatic rings. The number of rotatable bonds is 3. The summed E-state index contributed by atoms with van der Waals surface area (Å²) in [6.45, 7) is 5.88. The summed E-state index contributed by atoms with van der Waals surface area (Å²) in [5.41, 5.74) is 6.20. The van der Waals surface area contributed by atoms with Gasteiger partial charge in [-0.3, -0.25) is 4.79 Å². The van der Waals surface area contributed by atoms with E-state index in [4.69, 9.17) is 5.73 Å². The Morgan fingerprint density at radius 1 is 1.50 bits per heavy atom. The molecular formula is C15H23N5O2. The lowest BCUT2D eigenvalue weighted by Crippen LogP contribution is -2.29. The van der Waals surface area contributed by atoms with Crippen molar-refractivity contribution in [2.75, 3.05) is 5.32 Å². The highest BCUT2D eigenvalue weighted by Crippen LogP contribution is 2.22. The van der Waals surface area contributed by atoms with Crippen molar-refractivity contribution in [1.29, 1.82) is 0 Å². The fourth-order valence-corrected chi connectivity index (χ4v) is 2.32. The van der Waals surface area contributed by atoms with Crippen LogP contribution in [0.4, 0.5) is 11.8 Å². The Bertz CT molecular complexity index is 592. The topological polar surface area (TPSA) is 113 Å². The van der Waals surface area contributed by atoms with Crippen LogP contribution in [0.25, 0.3) is 0 Å². The van der Waals surface area contributed by atoms with Gasteiger partial charge in [-0.2, -0.15) is 4.98 Å². The maximum atomic E-state index is 11.5. The summed E-state index contributed by atoms with van der Waals surface area (Å²) in [5, 5.41) is 12.8. The third-order valence-corrected chi connectivity index (χ3v) is 3.27. The van der Waals surface area contributed by atoms with Gasteiger partial charge in [0.25, 0.3) is 11.9 Å². The van der Waals surface area contributed by atoms with Gasteiger partial charge in [-0.05, 0) is 40.0 Å². The molecule has 120 valence electrons. The number of nitrogens with one attached hydrogen (secondary N) is 1. The van der Waals surface area contributed by atoms with Crippen molar-refractivity contribution in [2.24, 2.45) is 10.7 Å².